The summed E-state index contributed by atoms with van der Waals surface area (Å²) >= 11 is 0. The van der Waals surface area contributed by atoms with Crippen LogP contribution in [0.15, 0.2) is 65.5 Å². The van der Waals surface area contributed by atoms with Crippen molar-refractivity contribution in [3.05, 3.63) is 83.5 Å². The Morgan fingerprint density at radius 2 is 2.14 bits per heavy atom. The molecule has 9 nitrogen and oxygen atoms in total. The van der Waals surface area contributed by atoms with Gasteiger partial charge in [-0.2, -0.15) is 0 Å². The highest BCUT2D eigenvalue weighted by Crippen LogP contribution is 2.31. The molecule has 2 amide bonds. The first-order chi connectivity index (χ1) is 17.9. The summed E-state index contributed by atoms with van der Waals surface area (Å²) in [6, 6.07) is 10.6. The summed E-state index contributed by atoms with van der Waals surface area (Å²) in [4.78, 5) is 34.7. The van der Waals surface area contributed by atoms with Crippen molar-refractivity contribution in [3.8, 4) is 11.5 Å². The number of nitrogens with two attached hydrogens (primary N) is 1. The van der Waals surface area contributed by atoms with E-state index in [1.165, 1.54) is 6.08 Å². The van der Waals surface area contributed by atoms with E-state index < -0.39 is 6.04 Å². The molecule has 5 rings (SSSR count). The fraction of sp³-hybridized carbons (Fsp3) is 0.214. The van der Waals surface area contributed by atoms with Gasteiger partial charge in [0.2, 0.25) is 11.8 Å². The number of aryl methyl sites for hydroxylation is 2. The summed E-state index contributed by atoms with van der Waals surface area (Å²) < 4.78 is 11.9. The molecule has 4 aromatic rings. The molecular formula is C28H27N5O4. The summed E-state index contributed by atoms with van der Waals surface area (Å²) in [7, 11) is 1.72. The van der Waals surface area contributed by atoms with Gasteiger partial charge in [0, 0.05) is 36.5 Å². The first-order valence-corrected chi connectivity index (χ1v) is 12.0. The predicted molar refractivity (Wildman–Crippen MR) is 140 cm³/mol. The summed E-state index contributed by atoms with van der Waals surface area (Å²) in [6.45, 7) is 2.28. The summed E-state index contributed by atoms with van der Waals surface area (Å²) in [5, 5.41) is 3.67. The second-order valence-electron chi connectivity index (χ2n) is 9.04. The van der Waals surface area contributed by atoms with Gasteiger partial charge in [0.15, 0.2) is 0 Å². The average Bonchev–Trinajstić information content (AvgIpc) is 3.13. The molecule has 3 N–H and O–H groups in total. The maximum absolute atomic E-state index is 12.8. The number of anilines is 1. The van der Waals surface area contributed by atoms with E-state index in [1.807, 2.05) is 43.3 Å². The van der Waals surface area contributed by atoms with Gasteiger partial charge in [-0.05, 0) is 73.4 Å². The van der Waals surface area contributed by atoms with Crippen LogP contribution in [-0.4, -0.2) is 39.8 Å². The molecule has 188 valence electrons. The zero-order valence-electron chi connectivity index (χ0n) is 20.6. The van der Waals surface area contributed by atoms with Crippen LogP contribution in [-0.2, 0) is 22.6 Å². The number of aromatic nitrogens is 2. The number of rotatable bonds is 6. The van der Waals surface area contributed by atoms with Gasteiger partial charge in [-0.15, -0.1) is 0 Å². The normalized spacial score (nSPS) is 15.3. The molecule has 9 heteroatoms. The number of carbonyl (C=O) groups is 2. The largest absolute Gasteiger partial charge is 0.459 e. The lowest BCUT2D eigenvalue weighted by molar-refractivity contribution is -0.125. The quantitative estimate of drug-likeness (QED) is 0.383. The second-order valence-corrected chi connectivity index (χ2v) is 9.04. The first-order valence-electron chi connectivity index (χ1n) is 12.0. The van der Waals surface area contributed by atoms with Crippen molar-refractivity contribution in [2.24, 2.45) is 5.73 Å². The van der Waals surface area contributed by atoms with Crippen LogP contribution >= 0.6 is 0 Å². The minimum Gasteiger partial charge on any atom is -0.459 e. The number of pyridine rings is 2. The number of hydrogen-bond donors (Lipinski definition) is 2. The first kappa shape index (κ1) is 24.2. The van der Waals surface area contributed by atoms with Crippen LogP contribution in [0, 0.1) is 6.92 Å². The number of hydrogen-bond acceptors (Lipinski definition) is 7. The average molecular weight is 498 g/mol. The van der Waals surface area contributed by atoms with E-state index in [1.54, 1.807) is 36.6 Å². The van der Waals surface area contributed by atoms with E-state index in [-0.39, 0.29) is 11.8 Å². The standard InChI is InChI=1S/C28H27N5O4/c1-17-22-13-20(36-21-4-3-11-30-15-21)7-9-24(22)37-25(17)16-33(2)26(34)10-5-18-12-19-6-8-23(29)28(35)32-27(19)31-14-18/h3-5,7,9-15,23H,6,8,16,29H2,1-2H3,(H,31,32,35)/b10-5+. The Bertz CT molecular complexity index is 1500. The van der Waals surface area contributed by atoms with Gasteiger partial charge in [-0.1, -0.05) is 0 Å². The number of nitrogens with one attached hydrogen (secondary N) is 1. The molecule has 0 saturated heterocycles. The second kappa shape index (κ2) is 10.2. The third kappa shape index (κ3) is 5.36. The number of carbonyl (C=O) groups excluding carboxylic acids is 2. The van der Waals surface area contributed by atoms with Crippen LogP contribution < -0.4 is 15.8 Å². The summed E-state index contributed by atoms with van der Waals surface area (Å²) in [6.07, 6.45) is 9.36. The van der Waals surface area contributed by atoms with E-state index in [4.69, 9.17) is 14.9 Å². The third-order valence-electron chi connectivity index (χ3n) is 6.34. The third-order valence-corrected chi connectivity index (χ3v) is 6.34. The molecule has 0 saturated carbocycles. The van der Waals surface area contributed by atoms with E-state index in [0.29, 0.717) is 42.5 Å². The Kier molecular flexibility index (Phi) is 6.70. The molecule has 0 spiro atoms. The Balaban J connectivity index is 1.26. The van der Waals surface area contributed by atoms with Crippen LogP contribution in [0.4, 0.5) is 5.82 Å². The molecule has 1 unspecified atom stereocenters. The van der Waals surface area contributed by atoms with Crippen molar-refractivity contribution in [1.82, 2.24) is 14.9 Å². The van der Waals surface area contributed by atoms with Gasteiger partial charge in [-0.3, -0.25) is 14.6 Å². The fourth-order valence-electron chi connectivity index (χ4n) is 4.17. The van der Waals surface area contributed by atoms with E-state index in [9.17, 15) is 9.59 Å². The summed E-state index contributed by atoms with van der Waals surface area (Å²) in [5.74, 6) is 2.15. The SMILES string of the molecule is Cc1c(CN(C)C(=O)/C=C/c2cnc3c(c2)CCC(N)C(=O)N3)oc2ccc(Oc3cccnc3)cc12. The maximum Gasteiger partial charge on any atom is 0.246 e. The Morgan fingerprint density at radius 3 is 2.95 bits per heavy atom. The molecule has 1 aliphatic rings. The molecule has 1 aliphatic heterocycles. The van der Waals surface area contributed by atoms with Gasteiger partial charge in [-0.25, -0.2) is 4.98 Å². The topological polar surface area (TPSA) is 124 Å². The Hall–Kier alpha value is -4.50. The zero-order chi connectivity index (χ0) is 25.9. The smallest absolute Gasteiger partial charge is 0.246 e. The lowest BCUT2D eigenvalue weighted by Crippen LogP contribution is -2.34. The number of amides is 2. The minimum atomic E-state index is -0.551. The molecular weight excluding hydrogens is 470 g/mol. The Labute approximate surface area is 214 Å². The van der Waals surface area contributed by atoms with Crippen molar-refractivity contribution in [1.29, 1.82) is 0 Å². The molecule has 0 bridgehead atoms. The highest BCUT2D eigenvalue weighted by atomic mass is 16.5. The zero-order valence-corrected chi connectivity index (χ0v) is 20.6. The van der Waals surface area contributed by atoms with Crippen LogP contribution in [0.5, 0.6) is 11.5 Å². The molecule has 3 aromatic heterocycles. The molecule has 37 heavy (non-hydrogen) atoms. The lowest BCUT2D eigenvalue weighted by atomic mass is 10.1. The van der Waals surface area contributed by atoms with E-state index in [0.717, 1.165) is 27.7 Å². The monoisotopic (exact) mass is 497 g/mol. The number of furan rings is 1. The van der Waals surface area contributed by atoms with Gasteiger partial charge >= 0.3 is 0 Å². The van der Waals surface area contributed by atoms with Crippen molar-refractivity contribution in [2.75, 3.05) is 12.4 Å². The van der Waals surface area contributed by atoms with E-state index in [2.05, 4.69) is 15.3 Å². The number of nitrogens with zero attached hydrogens (tertiary/aromatic N) is 3. The molecule has 1 aromatic carbocycles. The van der Waals surface area contributed by atoms with Gasteiger partial charge in [0.05, 0.1) is 18.8 Å². The lowest BCUT2D eigenvalue weighted by Gasteiger charge is -2.14. The predicted octanol–water partition coefficient (Wildman–Crippen LogP) is 4.21. The highest BCUT2D eigenvalue weighted by Gasteiger charge is 2.21. The van der Waals surface area contributed by atoms with Crippen LogP contribution in [0.3, 0.4) is 0 Å². The highest BCUT2D eigenvalue weighted by molar-refractivity contribution is 5.95. The van der Waals surface area contributed by atoms with Crippen LogP contribution in [0.2, 0.25) is 0 Å². The van der Waals surface area contributed by atoms with Gasteiger partial charge in [0.25, 0.3) is 0 Å². The Morgan fingerprint density at radius 1 is 1.27 bits per heavy atom. The fourth-order valence-corrected chi connectivity index (χ4v) is 4.17. The maximum atomic E-state index is 12.8. The van der Waals surface area contributed by atoms with Crippen LogP contribution in [0.1, 0.15) is 28.9 Å². The van der Waals surface area contributed by atoms with Gasteiger partial charge in [0.1, 0.15) is 28.7 Å². The van der Waals surface area contributed by atoms with E-state index >= 15 is 0 Å². The van der Waals surface area contributed by atoms with Gasteiger partial charge < -0.3 is 25.1 Å². The summed E-state index contributed by atoms with van der Waals surface area (Å²) in [5.41, 5.74) is 9.19. The number of likely N-dealkylation sites (N-methyl/N-ethyl adjacent to an activating group) is 1. The van der Waals surface area contributed by atoms with Crippen molar-refractivity contribution >= 4 is 34.7 Å². The molecule has 4 heterocycles. The number of benzene rings is 1. The molecule has 0 fully saturated rings. The number of fused-ring (bicyclic) bond motifs is 2. The van der Waals surface area contributed by atoms with Crippen molar-refractivity contribution in [3.63, 3.8) is 0 Å². The molecule has 0 aliphatic carbocycles. The molecule has 0 radical (unpaired) electrons. The van der Waals surface area contributed by atoms with Crippen LogP contribution in [0.25, 0.3) is 17.0 Å². The minimum absolute atomic E-state index is 0.175. The van der Waals surface area contributed by atoms with Crippen molar-refractivity contribution in [2.45, 2.75) is 32.4 Å². The van der Waals surface area contributed by atoms with Crippen molar-refractivity contribution < 1.29 is 18.7 Å². The molecule has 1 atom stereocenters. The number of ether oxygens (including phenoxy) is 1.